The number of nitrogens with two attached hydrogens (primary N) is 1. The Morgan fingerprint density at radius 1 is 0.623 bits per heavy atom. The Balaban J connectivity index is 1.17. The highest BCUT2D eigenvalue weighted by Crippen LogP contribution is 2.40. The maximum atomic E-state index is 6.99. The molecular formula is C47H38N6. The topological polar surface area (TPSA) is 69.5 Å². The van der Waals surface area contributed by atoms with Gasteiger partial charge in [-0.15, -0.1) is 0 Å². The molecule has 0 fully saturated rings. The van der Waals surface area contributed by atoms with E-state index in [0.717, 1.165) is 78.1 Å². The van der Waals surface area contributed by atoms with Crippen molar-refractivity contribution < 1.29 is 0 Å². The highest BCUT2D eigenvalue weighted by atomic mass is 15.1. The normalized spacial score (nSPS) is 11.8. The highest BCUT2D eigenvalue weighted by Gasteiger charge is 2.21. The number of nitrogens with zero attached hydrogens (tertiary/aromatic N) is 4. The van der Waals surface area contributed by atoms with Gasteiger partial charge in [-0.1, -0.05) is 65.2 Å². The zero-order chi connectivity index (χ0) is 36.0. The van der Waals surface area contributed by atoms with Gasteiger partial charge in [-0.3, -0.25) is 13.7 Å². The predicted octanol–water partition coefficient (Wildman–Crippen LogP) is 11.8. The molecule has 0 aliphatic carbocycles. The van der Waals surface area contributed by atoms with E-state index in [-0.39, 0.29) is 0 Å². The lowest BCUT2D eigenvalue weighted by molar-refractivity contribution is 1.13. The van der Waals surface area contributed by atoms with Crippen LogP contribution in [0.5, 0.6) is 0 Å². The van der Waals surface area contributed by atoms with Gasteiger partial charge in [-0.25, -0.2) is 4.98 Å². The number of para-hydroxylation sites is 1. The number of hydrogen-bond acceptors (Lipinski definition) is 2. The van der Waals surface area contributed by atoms with E-state index in [1.54, 1.807) is 0 Å². The standard InChI is InChI=1S/C47H38N6/c1-28(2)24-40-37-25-30(4)13-18-42(37)51(45(40)48)33-17-20-44-39(27-33)35-9-7-22-49-47(35)53(44)41-10-6-5-8-34(41)31-14-19-43-38(26-31)36-21-23-50-46(36)52(43)32-15-11-29(3)12-16-32/h5-27,50H,48H2,1-4H3. The molecule has 0 saturated heterocycles. The van der Waals surface area contributed by atoms with Gasteiger partial charge in [0.1, 0.15) is 17.1 Å². The number of pyridine rings is 1. The van der Waals surface area contributed by atoms with E-state index in [0.29, 0.717) is 0 Å². The van der Waals surface area contributed by atoms with Crippen LogP contribution in [0.25, 0.3) is 89.0 Å². The monoisotopic (exact) mass is 686 g/mol. The fourth-order valence-electron chi connectivity index (χ4n) is 8.26. The van der Waals surface area contributed by atoms with Crippen molar-refractivity contribution >= 4 is 66.7 Å². The molecule has 5 aromatic carbocycles. The van der Waals surface area contributed by atoms with Crippen LogP contribution in [0.3, 0.4) is 0 Å². The van der Waals surface area contributed by atoms with E-state index in [2.05, 4.69) is 168 Å². The SMILES string of the molecule is CC(C)=Cc1c(N)n(-c2ccc3c(c2)c2cccnc2n3-c2ccccc2-c2ccc3c(c2)c2cc[nH]c2n3-c2ccc(C)cc2)c2ccc(C)cc12. The van der Waals surface area contributed by atoms with Gasteiger partial charge in [0.05, 0.1) is 22.2 Å². The van der Waals surface area contributed by atoms with Crippen molar-refractivity contribution in [3.8, 4) is 28.2 Å². The van der Waals surface area contributed by atoms with Gasteiger partial charge in [0.25, 0.3) is 0 Å². The van der Waals surface area contributed by atoms with Crippen LogP contribution in [0, 0.1) is 13.8 Å². The van der Waals surface area contributed by atoms with Gasteiger partial charge in [0, 0.05) is 61.8 Å². The molecular weight excluding hydrogens is 649 g/mol. The summed E-state index contributed by atoms with van der Waals surface area (Å²) in [6, 6.07) is 43.8. The lowest BCUT2D eigenvalue weighted by Gasteiger charge is -2.14. The number of aromatic amines is 1. The van der Waals surface area contributed by atoms with Gasteiger partial charge in [-0.05, 0) is 112 Å². The summed E-state index contributed by atoms with van der Waals surface area (Å²) in [7, 11) is 0. The van der Waals surface area contributed by atoms with E-state index in [4.69, 9.17) is 10.7 Å². The number of H-pyrrole nitrogens is 1. The average Bonchev–Trinajstić information content (AvgIpc) is 3.91. The quantitative estimate of drug-likeness (QED) is 0.189. The average molecular weight is 687 g/mol. The molecule has 10 aromatic rings. The third kappa shape index (κ3) is 4.69. The molecule has 0 amide bonds. The first kappa shape index (κ1) is 31.0. The molecule has 0 radical (unpaired) electrons. The van der Waals surface area contributed by atoms with Crippen molar-refractivity contribution in [1.82, 2.24) is 23.7 Å². The fourth-order valence-corrected chi connectivity index (χ4v) is 8.26. The maximum absolute atomic E-state index is 6.99. The zero-order valence-electron chi connectivity index (χ0n) is 30.1. The molecule has 6 nitrogen and oxygen atoms in total. The third-order valence-corrected chi connectivity index (χ3v) is 10.6. The summed E-state index contributed by atoms with van der Waals surface area (Å²) in [5.74, 6) is 0.737. The van der Waals surface area contributed by atoms with E-state index in [9.17, 15) is 0 Å². The second-order valence-electron chi connectivity index (χ2n) is 14.4. The van der Waals surface area contributed by atoms with Crippen LogP contribution in [0.2, 0.25) is 0 Å². The van der Waals surface area contributed by atoms with Crippen molar-refractivity contribution in [2.75, 3.05) is 5.73 Å². The second kappa shape index (κ2) is 11.6. The summed E-state index contributed by atoms with van der Waals surface area (Å²) in [6.07, 6.45) is 6.10. The number of rotatable bonds is 5. The Morgan fingerprint density at radius 2 is 1.34 bits per heavy atom. The maximum Gasteiger partial charge on any atom is 0.145 e. The Morgan fingerprint density at radius 3 is 2.19 bits per heavy atom. The van der Waals surface area contributed by atoms with Crippen molar-refractivity contribution in [1.29, 1.82) is 0 Å². The molecule has 5 aromatic heterocycles. The minimum atomic E-state index is 0.737. The Labute approximate surface area is 307 Å². The van der Waals surface area contributed by atoms with E-state index in [1.807, 2.05) is 18.5 Å². The van der Waals surface area contributed by atoms with Crippen molar-refractivity contribution in [3.05, 3.63) is 156 Å². The molecule has 0 spiro atoms. The smallest absolute Gasteiger partial charge is 0.145 e. The fraction of sp³-hybridized carbons (Fsp3) is 0.0851. The van der Waals surface area contributed by atoms with Crippen LogP contribution in [-0.2, 0) is 0 Å². The minimum absolute atomic E-state index is 0.737. The summed E-state index contributed by atoms with van der Waals surface area (Å²) >= 11 is 0. The van der Waals surface area contributed by atoms with Gasteiger partial charge in [-0.2, -0.15) is 0 Å². The summed E-state index contributed by atoms with van der Waals surface area (Å²) < 4.78 is 6.82. The molecule has 0 aliphatic rings. The van der Waals surface area contributed by atoms with Gasteiger partial charge in [0.2, 0.25) is 0 Å². The number of hydrogen-bond donors (Lipinski definition) is 2. The van der Waals surface area contributed by atoms with E-state index < -0.39 is 0 Å². The lowest BCUT2D eigenvalue weighted by Crippen LogP contribution is -2.01. The molecule has 0 atom stereocenters. The molecule has 5 heterocycles. The van der Waals surface area contributed by atoms with Crippen molar-refractivity contribution in [2.45, 2.75) is 27.7 Å². The van der Waals surface area contributed by atoms with E-state index >= 15 is 0 Å². The molecule has 0 aliphatic heterocycles. The van der Waals surface area contributed by atoms with Crippen LogP contribution in [0.15, 0.2) is 139 Å². The molecule has 6 heteroatoms. The first-order chi connectivity index (χ1) is 25.9. The molecule has 256 valence electrons. The molecule has 0 unspecified atom stereocenters. The zero-order valence-corrected chi connectivity index (χ0v) is 30.1. The number of aryl methyl sites for hydroxylation is 2. The minimum Gasteiger partial charge on any atom is -0.384 e. The van der Waals surface area contributed by atoms with Crippen LogP contribution in [-0.4, -0.2) is 23.7 Å². The first-order valence-corrected chi connectivity index (χ1v) is 18.1. The highest BCUT2D eigenvalue weighted by molar-refractivity contribution is 6.11. The predicted molar refractivity (Wildman–Crippen MR) is 223 cm³/mol. The third-order valence-electron chi connectivity index (χ3n) is 10.6. The number of benzene rings is 5. The number of aromatic nitrogens is 5. The number of allylic oxidation sites excluding steroid dienone is 1. The largest absolute Gasteiger partial charge is 0.384 e. The van der Waals surface area contributed by atoms with Crippen LogP contribution in [0.1, 0.15) is 30.5 Å². The molecule has 10 rings (SSSR count). The van der Waals surface area contributed by atoms with Crippen LogP contribution in [0.4, 0.5) is 5.82 Å². The molecule has 0 saturated carbocycles. The van der Waals surface area contributed by atoms with Gasteiger partial charge >= 0.3 is 0 Å². The Kier molecular flexibility index (Phi) is 6.79. The number of nitrogen functional groups attached to an aromatic ring is 1. The van der Waals surface area contributed by atoms with Crippen LogP contribution >= 0.6 is 0 Å². The van der Waals surface area contributed by atoms with E-state index in [1.165, 1.54) is 33.0 Å². The summed E-state index contributed by atoms with van der Waals surface area (Å²) in [5, 5.41) is 5.78. The van der Waals surface area contributed by atoms with Gasteiger partial charge < -0.3 is 10.7 Å². The Bertz CT molecular complexity index is 3100. The first-order valence-electron chi connectivity index (χ1n) is 18.1. The summed E-state index contributed by atoms with van der Waals surface area (Å²) in [4.78, 5) is 8.49. The number of fused-ring (bicyclic) bond motifs is 7. The molecule has 0 bridgehead atoms. The number of nitrogens with one attached hydrogen (secondary N) is 1. The van der Waals surface area contributed by atoms with Crippen LogP contribution < -0.4 is 5.73 Å². The summed E-state index contributed by atoms with van der Waals surface area (Å²) in [6.45, 7) is 8.49. The van der Waals surface area contributed by atoms with Crippen molar-refractivity contribution in [3.63, 3.8) is 0 Å². The number of anilines is 1. The molecule has 53 heavy (non-hydrogen) atoms. The molecule has 3 N–H and O–H groups in total. The second-order valence-corrected chi connectivity index (χ2v) is 14.4. The Hall–Kier alpha value is -6.79. The van der Waals surface area contributed by atoms with Crippen molar-refractivity contribution in [2.24, 2.45) is 0 Å². The summed E-state index contributed by atoms with van der Waals surface area (Å²) in [5.41, 5.74) is 22.6. The van der Waals surface area contributed by atoms with Gasteiger partial charge in [0.15, 0.2) is 0 Å². The lowest BCUT2D eigenvalue weighted by atomic mass is 10.0.